The molecule has 3 rings (SSSR count). The quantitative estimate of drug-likeness (QED) is 0.799. The number of nitrogens with one attached hydrogen (secondary N) is 1. The van der Waals surface area contributed by atoms with Gasteiger partial charge in [0, 0.05) is 28.0 Å². The first-order valence-corrected chi connectivity index (χ1v) is 8.61. The van der Waals surface area contributed by atoms with E-state index in [1.807, 2.05) is 23.5 Å². The van der Waals surface area contributed by atoms with E-state index in [1.165, 1.54) is 29.2 Å². The van der Waals surface area contributed by atoms with Crippen LogP contribution < -0.4 is 0 Å². The van der Waals surface area contributed by atoms with E-state index in [2.05, 4.69) is 16.9 Å². The molecule has 5 heteroatoms. The van der Waals surface area contributed by atoms with Crippen LogP contribution in [0.25, 0.3) is 0 Å². The van der Waals surface area contributed by atoms with Crippen LogP contribution in [0.1, 0.15) is 35.7 Å². The molecule has 0 radical (unpaired) electrons. The number of aryl methyl sites for hydroxylation is 1. The molecule has 1 fully saturated rings. The number of rotatable bonds is 1. The number of thioether (sulfide) groups is 2. The molecule has 0 aromatic carbocycles. The average Bonchev–Trinajstić information content (AvgIpc) is 2.78. The summed E-state index contributed by atoms with van der Waals surface area (Å²) in [5.41, 5.74) is 2.65. The molecular formula is C12H16N2S3. The molecule has 2 aliphatic rings. The Morgan fingerprint density at radius 2 is 2.12 bits per heavy atom. The third kappa shape index (κ3) is 2.29. The van der Waals surface area contributed by atoms with Gasteiger partial charge in [0.15, 0.2) is 0 Å². The minimum atomic E-state index is 0.487. The summed E-state index contributed by atoms with van der Waals surface area (Å²) in [7, 11) is 0. The first-order chi connectivity index (χ1) is 8.25. The first-order valence-electron chi connectivity index (χ1n) is 6.11. The SMILES string of the molecule is CC1SCCSC1c1nc(=S)c2c([nH]1)CCC2. The van der Waals surface area contributed by atoms with Crippen LogP contribution in [0.4, 0.5) is 0 Å². The number of H-pyrrole nitrogens is 1. The predicted molar refractivity (Wildman–Crippen MR) is 78.6 cm³/mol. The Hall–Kier alpha value is -0.0000000000000000555. The van der Waals surface area contributed by atoms with Gasteiger partial charge in [0.25, 0.3) is 0 Å². The first kappa shape index (κ1) is 12.1. The maximum Gasteiger partial charge on any atom is 0.133 e. The van der Waals surface area contributed by atoms with Gasteiger partial charge < -0.3 is 4.98 Å². The molecule has 1 N–H and O–H groups in total. The Kier molecular flexibility index (Phi) is 3.50. The minimum Gasteiger partial charge on any atom is -0.346 e. The summed E-state index contributed by atoms with van der Waals surface area (Å²) >= 11 is 9.49. The highest BCUT2D eigenvalue weighted by Gasteiger charge is 2.27. The molecule has 1 aliphatic carbocycles. The lowest BCUT2D eigenvalue weighted by Crippen LogP contribution is -2.19. The molecule has 92 valence electrons. The number of nitrogens with zero attached hydrogens (tertiary/aromatic N) is 1. The van der Waals surface area contributed by atoms with Crippen molar-refractivity contribution in [2.75, 3.05) is 11.5 Å². The number of hydrogen-bond donors (Lipinski definition) is 1. The summed E-state index contributed by atoms with van der Waals surface area (Å²) < 4.78 is 0.842. The molecule has 0 bridgehead atoms. The van der Waals surface area contributed by atoms with Gasteiger partial charge in [-0.2, -0.15) is 11.8 Å². The average molecular weight is 284 g/mol. The zero-order chi connectivity index (χ0) is 11.8. The van der Waals surface area contributed by atoms with Crippen LogP contribution in [0, 0.1) is 4.64 Å². The van der Waals surface area contributed by atoms with Crippen LogP contribution in [0.15, 0.2) is 0 Å². The van der Waals surface area contributed by atoms with E-state index in [0.29, 0.717) is 10.5 Å². The van der Waals surface area contributed by atoms with E-state index in [-0.39, 0.29) is 0 Å². The van der Waals surface area contributed by atoms with Crippen LogP contribution in [0.3, 0.4) is 0 Å². The molecular weight excluding hydrogens is 268 g/mol. The predicted octanol–water partition coefficient (Wildman–Crippen LogP) is 3.54. The molecule has 1 aromatic heterocycles. The third-order valence-electron chi connectivity index (χ3n) is 3.43. The largest absolute Gasteiger partial charge is 0.346 e. The fourth-order valence-electron chi connectivity index (χ4n) is 2.55. The van der Waals surface area contributed by atoms with Crippen molar-refractivity contribution in [2.45, 2.75) is 36.7 Å². The molecule has 2 heterocycles. The monoisotopic (exact) mass is 284 g/mol. The summed E-state index contributed by atoms with van der Waals surface area (Å²) in [6.45, 7) is 2.30. The topological polar surface area (TPSA) is 28.7 Å². The Bertz CT molecular complexity index is 483. The van der Waals surface area contributed by atoms with Crippen LogP contribution in [-0.4, -0.2) is 26.7 Å². The lowest BCUT2D eigenvalue weighted by molar-refractivity contribution is 0.802. The minimum absolute atomic E-state index is 0.487. The number of aromatic nitrogens is 2. The fraction of sp³-hybridized carbons (Fsp3) is 0.667. The molecule has 0 saturated carbocycles. The lowest BCUT2D eigenvalue weighted by Gasteiger charge is -2.27. The van der Waals surface area contributed by atoms with Gasteiger partial charge in [0.05, 0.1) is 5.25 Å². The molecule has 0 spiro atoms. The van der Waals surface area contributed by atoms with Gasteiger partial charge in [0.2, 0.25) is 0 Å². The normalized spacial score (nSPS) is 28.1. The second kappa shape index (κ2) is 4.94. The summed E-state index contributed by atoms with van der Waals surface area (Å²) in [5.74, 6) is 3.59. The van der Waals surface area contributed by atoms with E-state index >= 15 is 0 Å². The van der Waals surface area contributed by atoms with Crippen LogP contribution in [0.2, 0.25) is 0 Å². The van der Waals surface area contributed by atoms with Gasteiger partial charge in [0.1, 0.15) is 10.5 Å². The highest BCUT2D eigenvalue weighted by molar-refractivity contribution is 8.06. The molecule has 17 heavy (non-hydrogen) atoms. The lowest BCUT2D eigenvalue weighted by atomic mass is 10.2. The van der Waals surface area contributed by atoms with Crippen molar-refractivity contribution in [3.05, 3.63) is 21.7 Å². The van der Waals surface area contributed by atoms with Gasteiger partial charge in [-0.05, 0) is 19.3 Å². The van der Waals surface area contributed by atoms with E-state index < -0.39 is 0 Å². The van der Waals surface area contributed by atoms with E-state index in [4.69, 9.17) is 12.2 Å². The standard InChI is InChI=1S/C12H16N2S3/c1-7-10(17-6-5-16-7)11-13-9-4-2-3-8(9)12(15)14-11/h7,10H,2-6H2,1H3,(H,13,14,15). The van der Waals surface area contributed by atoms with Crippen molar-refractivity contribution in [1.29, 1.82) is 0 Å². The van der Waals surface area contributed by atoms with Crippen LogP contribution >= 0.6 is 35.7 Å². The summed E-state index contributed by atoms with van der Waals surface area (Å²) in [5, 5.41) is 1.12. The Morgan fingerprint density at radius 1 is 1.29 bits per heavy atom. The van der Waals surface area contributed by atoms with Crippen molar-refractivity contribution in [1.82, 2.24) is 9.97 Å². The molecule has 0 amide bonds. The molecule has 2 nitrogen and oxygen atoms in total. The van der Waals surface area contributed by atoms with Gasteiger partial charge in [-0.3, -0.25) is 0 Å². The van der Waals surface area contributed by atoms with Crippen molar-refractivity contribution >= 4 is 35.7 Å². The third-order valence-corrected chi connectivity index (χ3v) is 6.87. The Morgan fingerprint density at radius 3 is 2.94 bits per heavy atom. The fourth-order valence-corrected chi connectivity index (χ4v) is 5.58. The van der Waals surface area contributed by atoms with Gasteiger partial charge >= 0.3 is 0 Å². The van der Waals surface area contributed by atoms with Crippen molar-refractivity contribution in [3.63, 3.8) is 0 Å². The van der Waals surface area contributed by atoms with Gasteiger partial charge in [-0.25, -0.2) is 4.98 Å². The van der Waals surface area contributed by atoms with Crippen molar-refractivity contribution in [2.24, 2.45) is 0 Å². The number of hydrogen-bond acceptors (Lipinski definition) is 4. The number of fused-ring (bicyclic) bond motifs is 1. The zero-order valence-corrected chi connectivity index (χ0v) is 12.3. The van der Waals surface area contributed by atoms with Gasteiger partial charge in [-0.1, -0.05) is 19.1 Å². The number of aromatic amines is 1. The molecule has 1 saturated heterocycles. The van der Waals surface area contributed by atoms with Crippen LogP contribution in [0.5, 0.6) is 0 Å². The van der Waals surface area contributed by atoms with Crippen molar-refractivity contribution < 1.29 is 0 Å². The summed E-state index contributed by atoms with van der Waals surface area (Å²) in [6, 6.07) is 0. The second-order valence-corrected chi connectivity index (χ2v) is 7.73. The summed E-state index contributed by atoms with van der Waals surface area (Å²) in [4.78, 5) is 8.20. The summed E-state index contributed by atoms with van der Waals surface area (Å²) in [6.07, 6.45) is 3.48. The molecule has 1 aromatic rings. The smallest absolute Gasteiger partial charge is 0.133 e. The van der Waals surface area contributed by atoms with E-state index in [0.717, 1.165) is 23.3 Å². The Labute approximate surface area is 115 Å². The highest BCUT2D eigenvalue weighted by Crippen LogP contribution is 2.41. The molecule has 1 aliphatic heterocycles. The molecule has 2 atom stereocenters. The van der Waals surface area contributed by atoms with E-state index in [9.17, 15) is 0 Å². The van der Waals surface area contributed by atoms with Crippen LogP contribution in [-0.2, 0) is 12.8 Å². The van der Waals surface area contributed by atoms with Crippen molar-refractivity contribution in [3.8, 4) is 0 Å². The zero-order valence-electron chi connectivity index (χ0n) is 9.86. The molecule has 2 unspecified atom stereocenters. The highest BCUT2D eigenvalue weighted by atomic mass is 32.2. The van der Waals surface area contributed by atoms with Gasteiger partial charge in [-0.15, -0.1) is 11.8 Å². The second-order valence-electron chi connectivity index (χ2n) is 4.61. The maximum atomic E-state index is 5.43. The Balaban J connectivity index is 1.98. The van der Waals surface area contributed by atoms with E-state index in [1.54, 1.807) is 0 Å². The maximum absolute atomic E-state index is 5.43.